The predicted molar refractivity (Wildman–Crippen MR) is 58.3 cm³/mol. The first-order chi connectivity index (χ1) is 7.24. The number of ether oxygens (including phenoxy) is 1. The molecule has 0 spiro atoms. The maximum absolute atomic E-state index is 5.80. The Morgan fingerprint density at radius 3 is 2.67 bits per heavy atom. The minimum absolute atomic E-state index is 0.443. The van der Waals surface area contributed by atoms with Crippen LogP contribution in [0.1, 0.15) is 5.56 Å². The van der Waals surface area contributed by atoms with Crippen molar-refractivity contribution < 1.29 is 4.74 Å². The minimum atomic E-state index is 0.443. The molecule has 2 aromatic heterocycles. The van der Waals surface area contributed by atoms with Gasteiger partial charge in [0.1, 0.15) is 0 Å². The molecule has 0 aliphatic rings. The van der Waals surface area contributed by atoms with Crippen molar-refractivity contribution in [3.63, 3.8) is 0 Å². The van der Waals surface area contributed by atoms with Crippen LogP contribution in [0, 0.1) is 6.92 Å². The summed E-state index contributed by atoms with van der Waals surface area (Å²) in [6, 6.07) is 7.05. The molecule has 0 bridgehead atoms. The Bertz CT molecular complexity index is 456. The van der Waals surface area contributed by atoms with Gasteiger partial charge in [-0.25, -0.2) is 9.97 Å². The summed E-state index contributed by atoms with van der Waals surface area (Å²) >= 11 is 5.80. The van der Waals surface area contributed by atoms with Crippen LogP contribution in [0.25, 0.3) is 0 Å². The third-order valence-electron chi connectivity index (χ3n) is 1.79. The Morgan fingerprint density at radius 1 is 1.13 bits per heavy atom. The molecule has 0 radical (unpaired) electrons. The molecule has 0 saturated carbocycles. The van der Waals surface area contributed by atoms with E-state index in [2.05, 4.69) is 9.97 Å². The highest BCUT2D eigenvalue weighted by Gasteiger charge is 1.99. The first-order valence-corrected chi connectivity index (χ1v) is 4.84. The first kappa shape index (κ1) is 9.93. The van der Waals surface area contributed by atoms with Gasteiger partial charge in [0.2, 0.25) is 11.8 Å². The number of rotatable bonds is 2. The Hall–Kier alpha value is -1.61. The van der Waals surface area contributed by atoms with Crippen molar-refractivity contribution in [3.05, 3.63) is 47.2 Å². The van der Waals surface area contributed by atoms with Crippen LogP contribution in [0.4, 0.5) is 0 Å². The van der Waals surface area contributed by atoms with Crippen LogP contribution in [0.3, 0.4) is 0 Å². The minimum Gasteiger partial charge on any atom is -0.421 e. The molecule has 4 heteroatoms. The molecular weight excluding hydrogens is 212 g/mol. The van der Waals surface area contributed by atoms with E-state index in [1.165, 1.54) is 0 Å². The van der Waals surface area contributed by atoms with Crippen molar-refractivity contribution in [3.8, 4) is 11.8 Å². The quantitative estimate of drug-likeness (QED) is 0.780. The fourth-order valence-electron chi connectivity index (χ4n) is 1.06. The molecule has 0 aliphatic carbocycles. The molecule has 0 fully saturated rings. The van der Waals surface area contributed by atoms with Crippen LogP contribution in [-0.2, 0) is 0 Å². The number of aromatic nitrogens is 2. The van der Waals surface area contributed by atoms with Gasteiger partial charge in [-0.15, -0.1) is 0 Å². The van der Waals surface area contributed by atoms with E-state index in [1.54, 1.807) is 30.6 Å². The number of nitrogens with zero attached hydrogens (tertiary/aromatic N) is 2. The highest BCUT2D eigenvalue weighted by Crippen LogP contribution is 2.19. The average molecular weight is 221 g/mol. The van der Waals surface area contributed by atoms with E-state index in [1.807, 2.05) is 13.0 Å². The second-order valence-electron chi connectivity index (χ2n) is 3.09. The molecule has 2 heterocycles. The zero-order valence-electron chi connectivity index (χ0n) is 8.14. The van der Waals surface area contributed by atoms with E-state index in [9.17, 15) is 0 Å². The fourth-order valence-corrected chi connectivity index (χ4v) is 1.21. The van der Waals surface area contributed by atoms with Crippen LogP contribution in [-0.4, -0.2) is 9.97 Å². The Balaban J connectivity index is 2.18. The number of pyridine rings is 2. The summed E-state index contributed by atoms with van der Waals surface area (Å²) < 4.78 is 5.41. The molecule has 0 aliphatic heterocycles. The van der Waals surface area contributed by atoms with E-state index in [0.717, 1.165) is 5.56 Å². The fraction of sp³-hybridized carbons (Fsp3) is 0.0909. The number of hydrogen-bond donors (Lipinski definition) is 0. The normalized spacial score (nSPS) is 10.0. The van der Waals surface area contributed by atoms with E-state index in [0.29, 0.717) is 16.8 Å². The van der Waals surface area contributed by atoms with Crippen LogP contribution >= 0.6 is 11.6 Å². The summed E-state index contributed by atoms with van der Waals surface area (Å²) in [4.78, 5) is 8.11. The molecule has 76 valence electrons. The van der Waals surface area contributed by atoms with Gasteiger partial charge in [0.15, 0.2) is 0 Å². The van der Waals surface area contributed by atoms with Gasteiger partial charge in [-0.1, -0.05) is 17.7 Å². The van der Waals surface area contributed by atoms with Crippen molar-refractivity contribution in [2.24, 2.45) is 0 Å². The standard InChI is InChI=1S/C11H9ClN2O/c1-8-2-3-10(14-7-8)15-11-6-9(12)4-5-13-11/h2-7H,1H3. The molecule has 0 saturated heterocycles. The molecule has 3 nitrogen and oxygen atoms in total. The largest absolute Gasteiger partial charge is 0.421 e. The third-order valence-corrected chi connectivity index (χ3v) is 2.03. The third kappa shape index (κ3) is 2.67. The number of hydrogen-bond acceptors (Lipinski definition) is 3. The summed E-state index contributed by atoms with van der Waals surface area (Å²) in [5.74, 6) is 0.953. The zero-order valence-corrected chi connectivity index (χ0v) is 8.90. The van der Waals surface area contributed by atoms with Crippen molar-refractivity contribution in [1.29, 1.82) is 0 Å². The van der Waals surface area contributed by atoms with Gasteiger partial charge in [-0.3, -0.25) is 0 Å². The number of aryl methyl sites for hydroxylation is 1. The molecule has 15 heavy (non-hydrogen) atoms. The monoisotopic (exact) mass is 220 g/mol. The molecule has 0 unspecified atom stereocenters. The summed E-state index contributed by atoms with van der Waals surface area (Å²) in [5, 5.41) is 0.590. The van der Waals surface area contributed by atoms with Crippen molar-refractivity contribution >= 4 is 11.6 Å². The van der Waals surface area contributed by atoms with Crippen molar-refractivity contribution in [1.82, 2.24) is 9.97 Å². The van der Waals surface area contributed by atoms with Crippen LogP contribution in [0.5, 0.6) is 11.8 Å². The van der Waals surface area contributed by atoms with Gasteiger partial charge in [0, 0.05) is 29.5 Å². The van der Waals surface area contributed by atoms with Crippen molar-refractivity contribution in [2.45, 2.75) is 6.92 Å². The molecule has 0 N–H and O–H groups in total. The summed E-state index contributed by atoms with van der Waals surface area (Å²) in [7, 11) is 0. The lowest BCUT2D eigenvalue weighted by Gasteiger charge is -2.03. The SMILES string of the molecule is Cc1ccc(Oc2cc(Cl)ccn2)nc1. The van der Waals surface area contributed by atoms with Crippen LogP contribution in [0.2, 0.25) is 5.02 Å². The van der Waals surface area contributed by atoms with E-state index < -0.39 is 0 Å². The maximum atomic E-state index is 5.80. The maximum Gasteiger partial charge on any atom is 0.222 e. The lowest BCUT2D eigenvalue weighted by atomic mass is 10.3. The second-order valence-corrected chi connectivity index (χ2v) is 3.52. The summed E-state index contributed by atoms with van der Waals surface area (Å²) in [6.07, 6.45) is 3.33. The average Bonchev–Trinajstić information content (AvgIpc) is 2.22. The molecule has 0 aromatic carbocycles. The Morgan fingerprint density at radius 2 is 2.00 bits per heavy atom. The van der Waals surface area contributed by atoms with Gasteiger partial charge in [-0.05, 0) is 18.6 Å². The molecule has 0 amide bonds. The van der Waals surface area contributed by atoms with Gasteiger partial charge < -0.3 is 4.74 Å². The molecule has 0 atom stereocenters. The number of halogens is 1. The second kappa shape index (κ2) is 4.28. The zero-order chi connectivity index (χ0) is 10.7. The van der Waals surface area contributed by atoms with Crippen LogP contribution in [0.15, 0.2) is 36.7 Å². The highest BCUT2D eigenvalue weighted by atomic mass is 35.5. The lowest BCUT2D eigenvalue weighted by molar-refractivity contribution is 0.444. The summed E-state index contributed by atoms with van der Waals surface area (Å²) in [5.41, 5.74) is 1.08. The van der Waals surface area contributed by atoms with Crippen LogP contribution < -0.4 is 4.74 Å². The van der Waals surface area contributed by atoms with Gasteiger partial charge in [0.25, 0.3) is 0 Å². The molecule has 2 rings (SSSR count). The van der Waals surface area contributed by atoms with Gasteiger partial charge in [0.05, 0.1) is 0 Å². The Kier molecular flexibility index (Phi) is 2.83. The molecular formula is C11H9ClN2O. The Labute approximate surface area is 92.7 Å². The topological polar surface area (TPSA) is 35.0 Å². The molecule has 2 aromatic rings. The van der Waals surface area contributed by atoms with E-state index in [-0.39, 0.29) is 0 Å². The summed E-state index contributed by atoms with van der Waals surface area (Å²) in [6.45, 7) is 1.97. The first-order valence-electron chi connectivity index (χ1n) is 4.46. The lowest BCUT2D eigenvalue weighted by Crippen LogP contribution is -1.89. The van der Waals surface area contributed by atoms with Crippen molar-refractivity contribution in [2.75, 3.05) is 0 Å². The van der Waals surface area contributed by atoms with E-state index in [4.69, 9.17) is 16.3 Å². The predicted octanol–water partition coefficient (Wildman–Crippen LogP) is 3.23. The van der Waals surface area contributed by atoms with E-state index >= 15 is 0 Å². The van der Waals surface area contributed by atoms with Gasteiger partial charge >= 0.3 is 0 Å². The van der Waals surface area contributed by atoms with Gasteiger partial charge in [-0.2, -0.15) is 0 Å². The smallest absolute Gasteiger partial charge is 0.222 e. The highest BCUT2D eigenvalue weighted by molar-refractivity contribution is 6.30.